The quantitative estimate of drug-likeness (QED) is 0.691. The second-order valence-electron chi connectivity index (χ2n) is 3.87. The van der Waals surface area contributed by atoms with E-state index in [4.69, 9.17) is 0 Å². The Morgan fingerprint density at radius 1 is 1.21 bits per heavy atom. The topological polar surface area (TPSA) is 20.2 Å². The Kier molecular flexibility index (Phi) is 3.59. The fourth-order valence-corrected chi connectivity index (χ4v) is 1.90. The van der Waals surface area contributed by atoms with Crippen molar-refractivity contribution in [2.75, 3.05) is 0 Å². The molecule has 0 aliphatic heterocycles. The maximum atomic E-state index is 12.2. The zero-order valence-corrected chi connectivity index (χ0v) is 7.98. The number of hydrogen-bond acceptors (Lipinski definition) is 1. The second kappa shape index (κ2) is 4.34. The van der Waals surface area contributed by atoms with Gasteiger partial charge in [0.25, 0.3) is 0 Å². The summed E-state index contributed by atoms with van der Waals surface area (Å²) in [6.07, 6.45) is -1.64. The molecular weight excluding hydrogens is 193 g/mol. The summed E-state index contributed by atoms with van der Waals surface area (Å²) in [4.78, 5) is 0. The smallest absolute Gasteiger partial charge is 0.388 e. The van der Waals surface area contributed by atoms with Crippen LogP contribution in [0.2, 0.25) is 0 Å². The Morgan fingerprint density at radius 2 is 1.71 bits per heavy atom. The molecule has 1 rings (SSSR count). The van der Waals surface area contributed by atoms with Crippen molar-refractivity contribution in [3.8, 4) is 0 Å². The van der Waals surface area contributed by atoms with Gasteiger partial charge in [-0.05, 0) is 18.8 Å². The molecule has 82 valence electrons. The van der Waals surface area contributed by atoms with Crippen LogP contribution < -0.4 is 0 Å². The summed E-state index contributed by atoms with van der Waals surface area (Å²) >= 11 is 0. The Hall–Kier alpha value is -0.510. The van der Waals surface area contributed by atoms with E-state index >= 15 is 0 Å². The molecule has 1 atom stereocenters. The van der Waals surface area contributed by atoms with Crippen molar-refractivity contribution in [2.24, 2.45) is 5.92 Å². The number of rotatable bonds is 2. The zero-order chi connectivity index (χ0) is 10.8. The molecular formula is C10H15F3O. The number of halogens is 3. The van der Waals surface area contributed by atoms with Gasteiger partial charge in [0.1, 0.15) is 0 Å². The monoisotopic (exact) mass is 208 g/mol. The zero-order valence-electron chi connectivity index (χ0n) is 7.98. The molecule has 4 heteroatoms. The molecule has 0 aromatic carbocycles. The van der Waals surface area contributed by atoms with Gasteiger partial charge < -0.3 is 5.11 Å². The van der Waals surface area contributed by atoms with Crippen molar-refractivity contribution < 1.29 is 18.3 Å². The Labute approximate surface area is 81.6 Å². The van der Waals surface area contributed by atoms with Gasteiger partial charge in [-0.15, -0.1) is 0 Å². The van der Waals surface area contributed by atoms with Crippen LogP contribution in [0.15, 0.2) is 12.2 Å². The first-order valence-corrected chi connectivity index (χ1v) is 4.87. The molecule has 0 spiro atoms. The van der Waals surface area contributed by atoms with E-state index in [9.17, 15) is 18.3 Å². The molecule has 1 unspecified atom stereocenters. The lowest BCUT2D eigenvalue weighted by Gasteiger charge is -2.28. The standard InChI is InChI=1S/C10H15F3O/c1-7(10(11,12)13)9(14)8-5-3-2-4-6-8/h8-9,14H,1-6H2. The predicted molar refractivity (Wildman–Crippen MR) is 47.8 cm³/mol. The van der Waals surface area contributed by atoms with E-state index in [2.05, 4.69) is 6.58 Å². The molecule has 0 aromatic rings. The van der Waals surface area contributed by atoms with Crippen molar-refractivity contribution in [1.29, 1.82) is 0 Å². The maximum Gasteiger partial charge on any atom is 0.414 e. The number of aliphatic hydroxyl groups is 1. The summed E-state index contributed by atoms with van der Waals surface area (Å²) in [7, 11) is 0. The minimum absolute atomic E-state index is 0.252. The molecule has 1 fully saturated rings. The van der Waals surface area contributed by atoms with Gasteiger partial charge in [-0.2, -0.15) is 13.2 Å². The van der Waals surface area contributed by atoms with Gasteiger partial charge in [0.05, 0.1) is 11.7 Å². The molecule has 1 aliphatic rings. The molecule has 0 amide bonds. The molecule has 0 aromatic heterocycles. The largest absolute Gasteiger partial charge is 0.414 e. The molecule has 1 saturated carbocycles. The summed E-state index contributed by atoms with van der Waals surface area (Å²) in [6.45, 7) is 2.93. The van der Waals surface area contributed by atoms with E-state index < -0.39 is 17.9 Å². The van der Waals surface area contributed by atoms with Crippen LogP contribution in [0.5, 0.6) is 0 Å². The first kappa shape index (κ1) is 11.6. The third-order valence-electron chi connectivity index (χ3n) is 2.82. The van der Waals surface area contributed by atoms with Crippen LogP contribution in [-0.4, -0.2) is 17.4 Å². The molecule has 1 nitrogen and oxygen atoms in total. The van der Waals surface area contributed by atoms with Crippen LogP contribution in [0.4, 0.5) is 13.2 Å². The normalized spacial score (nSPS) is 22.0. The van der Waals surface area contributed by atoms with Gasteiger partial charge in [0.15, 0.2) is 0 Å². The Morgan fingerprint density at radius 3 is 2.14 bits per heavy atom. The minimum atomic E-state index is -4.46. The first-order chi connectivity index (χ1) is 6.43. The van der Waals surface area contributed by atoms with Crippen molar-refractivity contribution >= 4 is 0 Å². The number of aliphatic hydroxyl groups excluding tert-OH is 1. The summed E-state index contributed by atoms with van der Waals surface area (Å²) in [6, 6.07) is 0. The molecule has 1 aliphatic carbocycles. The van der Waals surface area contributed by atoms with Crippen molar-refractivity contribution in [3.63, 3.8) is 0 Å². The van der Waals surface area contributed by atoms with Crippen molar-refractivity contribution in [2.45, 2.75) is 44.4 Å². The predicted octanol–water partition coefficient (Wildman–Crippen LogP) is 3.05. The van der Waals surface area contributed by atoms with Gasteiger partial charge in [0.2, 0.25) is 0 Å². The lowest BCUT2D eigenvalue weighted by molar-refractivity contribution is -0.110. The van der Waals surface area contributed by atoms with Crippen LogP contribution >= 0.6 is 0 Å². The van der Waals surface area contributed by atoms with Crippen LogP contribution in [0.1, 0.15) is 32.1 Å². The van der Waals surface area contributed by atoms with E-state index in [1.54, 1.807) is 0 Å². The number of alkyl halides is 3. The molecule has 0 bridgehead atoms. The molecule has 0 saturated heterocycles. The van der Waals surface area contributed by atoms with E-state index in [-0.39, 0.29) is 5.92 Å². The van der Waals surface area contributed by atoms with Gasteiger partial charge >= 0.3 is 6.18 Å². The lowest BCUT2D eigenvalue weighted by atomic mass is 9.83. The fourth-order valence-electron chi connectivity index (χ4n) is 1.90. The highest BCUT2D eigenvalue weighted by Gasteiger charge is 2.39. The summed E-state index contributed by atoms with van der Waals surface area (Å²) in [5.41, 5.74) is -0.996. The van der Waals surface area contributed by atoms with Crippen molar-refractivity contribution in [3.05, 3.63) is 12.2 Å². The highest BCUT2D eigenvalue weighted by Crippen LogP contribution is 2.35. The first-order valence-electron chi connectivity index (χ1n) is 4.87. The van der Waals surface area contributed by atoms with Crippen LogP contribution in [0, 0.1) is 5.92 Å². The third-order valence-corrected chi connectivity index (χ3v) is 2.82. The second-order valence-corrected chi connectivity index (χ2v) is 3.87. The van der Waals surface area contributed by atoms with Crippen LogP contribution in [0.25, 0.3) is 0 Å². The fraction of sp³-hybridized carbons (Fsp3) is 0.800. The van der Waals surface area contributed by atoms with Crippen LogP contribution in [0.3, 0.4) is 0 Å². The van der Waals surface area contributed by atoms with E-state index in [1.165, 1.54) is 0 Å². The summed E-state index contributed by atoms with van der Waals surface area (Å²) < 4.78 is 36.6. The lowest BCUT2D eigenvalue weighted by Crippen LogP contribution is -2.31. The van der Waals surface area contributed by atoms with E-state index in [0.29, 0.717) is 12.8 Å². The highest BCUT2D eigenvalue weighted by atomic mass is 19.4. The minimum Gasteiger partial charge on any atom is -0.388 e. The molecule has 14 heavy (non-hydrogen) atoms. The SMILES string of the molecule is C=C(C(O)C1CCCCC1)C(F)(F)F. The maximum absolute atomic E-state index is 12.2. The van der Waals surface area contributed by atoms with E-state index in [1.807, 2.05) is 0 Å². The molecule has 0 heterocycles. The van der Waals surface area contributed by atoms with Gasteiger partial charge in [0, 0.05) is 0 Å². The number of hydrogen-bond donors (Lipinski definition) is 1. The van der Waals surface area contributed by atoms with E-state index in [0.717, 1.165) is 19.3 Å². The third kappa shape index (κ3) is 2.74. The summed E-state index contributed by atoms with van der Waals surface area (Å²) in [5, 5.41) is 9.46. The Balaban J connectivity index is 2.55. The van der Waals surface area contributed by atoms with Gasteiger partial charge in [-0.1, -0.05) is 25.8 Å². The van der Waals surface area contributed by atoms with Crippen molar-refractivity contribution in [1.82, 2.24) is 0 Å². The highest BCUT2D eigenvalue weighted by molar-refractivity contribution is 5.10. The van der Waals surface area contributed by atoms with Gasteiger partial charge in [-0.3, -0.25) is 0 Å². The molecule has 1 N–H and O–H groups in total. The average molecular weight is 208 g/mol. The molecule has 0 radical (unpaired) electrons. The van der Waals surface area contributed by atoms with Crippen LogP contribution in [-0.2, 0) is 0 Å². The summed E-state index contributed by atoms with van der Waals surface area (Å²) in [5.74, 6) is -0.252. The average Bonchev–Trinajstić information content (AvgIpc) is 2.15. The Bertz CT molecular complexity index is 204. The van der Waals surface area contributed by atoms with Gasteiger partial charge in [-0.25, -0.2) is 0 Å².